The van der Waals surface area contributed by atoms with E-state index in [1.165, 1.54) is 57.6 Å². The molecule has 1 N–H and O–H groups in total. The first kappa shape index (κ1) is 51.8. The quantitative estimate of drug-likeness (QED) is 0.0679. The number of aliphatic hydroxyl groups excluding tert-OH is 1. The molecule has 0 radical (unpaired) electrons. The van der Waals surface area contributed by atoms with E-state index in [4.69, 9.17) is 29.7 Å². The average molecular weight is 896 g/mol. The number of hydrogen-bond acceptors (Lipinski definition) is 5. The van der Waals surface area contributed by atoms with Crippen molar-refractivity contribution in [2.75, 3.05) is 13.7 Å². The summed E-state index contributed by atoms with van der Waals surface area (Å²) in [5, 5.41) is 20.0. The standard InChI is InChI=1S/C55H74N4O5.Mg/c1-13-39-35(8)42-28-44-37(10)41(24-25-48(60)64-27-26-34(7)23-17-22-33(6)21-16-20-32(5)19-15-18-31(3)4)52(58-44)50-51(55(62)63-12)54(61)49-38(11)45(59-53(49)50)30-47-40(14-2)36(9)43(57-47)29-46(39)56-42;/h13,26,28-33,37,41,51-52,61H,1,14-25,27H2,2-12H3;/q-4;+2/b34-26-,43-29-,44-28-,47-30-;/t32-,33+,37+,41+,51-,52?;/m1./s1. The third-order valence-corrected chi connectivity index (χ3v) is 14.5. The van der Waals surface area contributed by atoms with Gasteiger partial charge in [-0.2, -0.15) is 5.70 Å². The molecule has 9 nitrogen and oxygen atoms in total. The van der Waals surface area contributed by atoms with Crippen LogP contribution in [0.2, 0.25) is 0 Å². The predicted octanol–water partition coefficient (Wildman–Crippen LogP) is 8.66. The normalized spacial score (nSPS) is 21.7. The summed E-state index contributed by atoms with van der Waals surface area (Å²) in [5.41, 5.74) is 9.73. The van der Waals surface area contributed by atoms with Crippen LogP contribution in [0, 0.1) is 56.3 Å². The molecule has 6 rings (SSSR count). The van der Waals surface area contributed by atoms with Gasteiger partial charge in [0.05, 0.1) is 7.11 Å². The number of hydrogen-bond donors (Lipinski definition) is 1. The topological polar surface area (TPSA) is 129 Å². The summed E-state index contributed by atoms with van der Waals surface area (Å²) >= 11 is 0. The molecule has 10 heteroatoms. The summed E-state index contributed by atoms with van der Waals surface area (Å²) in [6.45, 7) is 26.2. The molecule has 2 aliphatic heterocycles. The van der Waals surface area contributed by atoms with Crippen molar-refractivity contribution < 1.29 is 24.2 Å². The zero-order valence-electron chi connectivity index (χ0n) is 41.4. The fraction of sp³-hybridized carbons (Fsp3) is 0.564. The number of methoxy groups -OCH3 is 1. The number of aromatic nitrogens is 3. The molecule has 348 valence electrons. The van der Waals surface area contributed by atoms with E-state index in [1.54, 1.807) is 0 Å². The molecule has 1 fully saturated rings. The van der Waals surface area contributed by atoms with Crippen molar-refractivity contribution in [3.05, 3.63) is 95.4 Å². The maximum absolute atomic E-state index is 13.6. The summed E-state index contributed by atoms with van der Waals surface area (Å²) in [4.78, 5) is 42.4. The molecule has 65 heavy (non-hydrogen) atoms. The second-order valence-electron chi connectivity index (χ2n) is 19.6. The number of rotatable bonds is 20. The Morgan fingerprint density at radius 2 is 1.49 bits per heavy atom. The van der Waals surface area contributed by atoms with E-state index >= 15 is 0 Å². The van der Waals surface area contributed by atoms with Gasteiger partial charge in [-0.05, 0) is 94.6 Å². The number of fused-ring (bicyclic) bond motifs is 8. The average Bonchev–Trinajstić information content (AvgIpc) is 3.99. The van der Waals surface area contributed by atoms with Gasteiger partial charge < -0.3 is 34.8 Å². The Kier molecular flexibility index (Phi) is 18.4. The molecular weight excluding hydrogens is 821 g/mol. The molecule has 8 bridgehead atoms. The van der Waals surface area contributed by atoms with E-state index in [0.29, 0.717) is 28.3 Å². The molecule has 5 heterocycles. The molecule has 3 aromatic heterocycles. The van der Waals surface area contributed by atoms with Gasteiger partial charge in [0, 0.05) is 11.6 Å². The summed E-state index contributed by atoms with van der Waals surface area (Å²) < 4.78 is 11.1. The van der Waals surface area contributed by atoms with Crippen molar-refractivity contribution in [1.82, 2.24) is 15.0 Å². The molecule has 0 amide bonds. The molecule has 3 aliphatic rings. The SMILES string of the molecule is C=Cc1c2[n-]c(c1C)/C=C1\[N-]C(C3=c4[n-]c(c(C)c4=C(O)[C@@H]3C(=O)OC)/C=c3\[n-]/c(c(C)c3CC)=C\2)[C@@H](CCC(=O)OC/C=C(/C)CCC[C@@H](C)CCC[C@H](C)CCCC(C)C)[C@@H]1C.[Mg+2]. The van der Waals surface area contributed by atoms with Crippen LogP contribution in [0.25, 0.3) is 41.0 Å². The van der Waals surface area contributed by atoms with Crippen molar-refractivity contribution in [3.63, 3.8) is 0 Å². The van der Waals surface area contributed by atoms with Crippen molar-refractivity contribution in [3.8, 4) is 0 Å². The molecule has 1 aliphatic carbocycles. The van der Waals surface area contributed by atoms with Crippen molar-refractivity contribution in [2.45, 2.75) is 152 Å². The van der Waals surface area contributed by atoms with Gasteiger partial charge in [-0.15, -0.1) is 33.1 Å². The Morgan fingerprint density at radius 3 is 2.14 bits per heavy atom. The number of esters is 2. The monoisotopic (exact) mass is 895 g/mol. The van der Waals surface area contributed by atoms with Crippen LogP contribution in [0.3, 0.4) is 0 Å². The molecular formula is C55H74MgN4O5-2. The maximum atomic E-state index is 13.6. The first-order valence-corrected chi connectivity index (χ1v) is 24.2. The fourth-order valence-electron chi connectivity index (χ4n) is 10.4. The largest absolute Gasteiger partial charge is 2.00 e. The third kappa shape index (κ3) is 11.7. The van der Waals surface area contributed by atoms with Crippen LogP contribution < -0.4 is 36.2 Å². The predicted molar refractivity (Wildman–Crippen MR) is 266 cm³/mol. The molecule has 1 unspecified atom stereocenters. The Morgan fingerprint density at radius 1 is 0.846 bits per heavy atom. The molecule has 0 aromatic carbocycles. The van der Waals surface area contributed by atoms with E-state index in [-0.39, 0.29) is 59.6 Å². The second-order valence-corrected chi connectivity index (χ2v) is 19.6. The van der Waals surface area contributed by atoms with Crippen molar-refractivity contribution in [2.24, 2.45) is 35.5 Å². The number of nitrogens with zero attached hydrogens (tertiary/aromatic N) is 4. The Balaban J connectivity index is 0.00000793. The van der Waals surface area contributed by atoms with Crippen LogP contribution >= 0.6 is 0 Å². The first-order chi connectivity index (χ1) is 30.6. The minimum Gasteiger partial charge on any atom is -0.681 e. The minimum absolute atomic E-state index is 0. The number of ether oxygens (including phenoxy) is 2. The van der Waals surface area contributed by atoms with Gasteiger partial charge in [0.2, 0.25) is 0 Å². The molecule has 0 spiro atoms. The van der Waals surface area contributed by atoms with Gasteiger partial charge >= 0.3 is 35.0 Å². The first-order valence-electron chi connectivity index (χ1n) is 24.2. The van der Waals surface area contributed by atoms with Crippen LogP contribution in [-0.2, 0) is 25.5 Å². The van der Waals surface area contributed by atoms with Gasteiger partial charge in [0.15, 0.2) is 0 Å². The molecule has 3 aromatic rings. The number of aliphatic hydroxyl groups is 1. The van der Waals surface area contributed by atoms with Crippen LogP contribution in [0.5, 0.6) is 0 Å². The molecule has 1 saturated heterocycles. The molecule has 0 saturated carbocycles. The van der Waals surface area contributed by atoms with Gasteiger partial charge in [-0.1, -0.05) is 157 Å². The fourth-order valence-corrected chi connectivity index (χ4v) is 10.4. The zero-order valence-corrected chi connectivity index (χ0v) is 42.8. The van der Waals surface area contributed by atoms with E-state index in [9.17, 15) is 14.7 Å². The van der Waals surface area contributed by atoms with Gasteiger partial charge in [0.25, 0.3) is 0 Å². The smallest absolute Gasteiger partial charge is 0.681 e. The Bertz CT molecular complexity index is 2510. The summed E-state index contributed by atoms with van der Waals surface area (Å²) in [7, 11) is 1.33. The Labute approximate surface area is 404 Å². The van der Waals surface area contributed by atoms with Crippen LogP contribution in [0.15, 0.2) is 23.9 Å². The van der Waals surface area contributed by atoms with E-state index < -0.39 is 17.9 Å². The zero-order chi connectivity index (χ0) is 46.4. The maximum Gasteiger partial charge on any atom is 2.00 e. The summed E-state index contributed by atoms with van der Waals surface area (Å²) in [5.74, 6) is -0.00332. The van der Waals surface area contributed by atoms with Gasteiger partial charge in [-0.3, -0.25) is 9.59 Å². The van der Waals surface area contributed by atoms with Crippen LogP contribution in [0.1, 0.15) is 164 Å². The van der Waals surface area contributed by atoms with E-state index in [1.807, 2.05) is 44.2 Å². The van der Waals surface area contributed by atoms with Gasteiger partial charge in [0.1, 0.15) is 18.3 Å². The van der Waals surface area contributed by atoms with Gasteiger partial charge in [-0.25, -0.2) is 0 Å². The molecule has 6 atom stereocenters. The number of allylic oxidation sites excluding steroid dienone is 2. The van der Waals surface area contributed by atoms with Crippen LogP contribution in [0.4, 0.5) is 0 Å². The second kappa shape index (κ2) is 23.0. The van der Waals surface area contributed by atoms with E-state index in [2.05, 4.69) is 62.0 Å². The minimum atomic E-state index is -1.07. The van der Waals surface area contributed by atoms with E-state index in [0.717, 1.165) is 92.6 Å². The number of carbonyl (C=O) groups excluding carboxylic acids is 2. The van der Waals surface area contributed by atoms with Crippen molar-refractivity contribution in [1.29, 1.82) is 0 Å². The summed E-state index contributed by atoms with van der Waals surface area (Å²) in [6.07, 6.45) is 22.6. The third-order valence-electron chi connectivity index (χ3n) is 14.5. The Hall–Kier alpha value is -4.15. The number of carbonyl (C=O) groups is 2. The summed E-state index contributed by atoms with van der Waals surface area (Å²) in [6, 6.07) is -0.573. The van der Waals surface area contributed by atoms with Crippen molar-refractivity contribution >= 4 is 70.6 Å². The van der Waals surface area contributed by atoms with Crippen LogP contribution in [-0.4, -0.2) is 59.9 Å².